The van der Waals surface area contributed by atoms with Crippen LogP contribution in [-0.2, 0) is 55.0 Å². The molecule has 2 saturated carbocycles. The molecule has 2 aromatic carbocycles. The van der Waals surface area contributed by atoms with Gasteiger partial charge in [0.2, 0.25) is 0 Å². The minimum Gasteiger partial charge on any atom is -0.459 e. The van der Waals surface area contributed by atoms with Crippen molar-refractivity contribution in [3.63, 3.8) is 0 Å². The predicted octanol–water partition coefficient (Wildman–Crippen LogP) is 6.83. The Balaban J connectivity index is 0.909. The van der Waals surface area contributed by atoms with Crippen molar-refractivity contribution in [2.45, 2.75) is 92.0 Å². The zero-order valence-electron chi connectivity index (χ0n) is 35.8. The summed E-state index contributed by atoms with van der Waals surface area (Å²) in [5.74, 6) is -3.04. The number of hydrogen-bond acceptors (Lipinski definition) is 12. The Bertz CT molecular complexity index is 2620. The number of aromatic nitrogens is 6. The summed E-state index contributed by atoms with van der Waals surface area (Å²) in [5, 5.41) is 16.5. The maximum atomic E-state index is 13.9. The van der Waals surface area contributed by atoms with Crippen molar-refractivity contribution in [2.75, 3.05) is 22.9 Å². The Labute approximate surface area is 397 Å². The maximum absolute atomic E-state index is 13.9. The smallest absolute Gasteiger partial charge is 0.334 e. The van der Waals surface area contributed by atoms with Gasteiger partial charge in [-0.3, -0.25) is 33.3 Å². The molecule has 3 atom stereocenters. The number of carbonyl (C=O) groups is 6. The fraction of sp³-hybridized carbons (Fsp3) is 0.435. The van der Waals surface area contributed by atoms with Crippen LogP contribution in [0.3, 0.4) is 0 Å². The molecule has 2 aliphatic carbocycles. The summed E-state index contributed by atoms with van der Waals surface area (Å²) in [4.78, 5) is 80.7. The molecule has 4 aromatic rings. The van der Waals surface area contributed by atoms with Gasteiger partial charge < -0.3 is 19.3 Å². The molecule has 0 radical (unpaired) electrons. The molecule has 16 nitrogen and oxygen atoms in total. The molecule has 2 fully saturated rings. The van der Waals surface area contributed by atoms with Gasteiger partial charge in [0.05, 0.1) is 54.4 Å². The van der Waals surface area contributed by atoms with Gasteiger partial charge in [-0.25, -0.2) is 4.79 Å². The lowest BCUT2D eigenvalue weighted by molar-refractivity contribution is -0.147. The highest BCUT2D eigenvalue weighted by Crippen LogP contribution is 2.61. The Hall–Kier alpha value is -5.12. The molecule has 4 heterocycles. The number of allylic oxidation sites excluding steroid dienone is 2. The number of esters is 2. The molecule has 2 amide bonds. The van der Waals surface area contributed by atoms with Crippen molar-refractivity contribution in [3.05, 3.63) is 102 Å². The number of benzene rings is 2. The topological polar surface area (TPSA) is 189 Å². The summed E-state index contributed by atoms with van der Waals surface area (Å²) in [6.07, 6.45) is 10.5. The van der Waals surface area contributed by atoms with E-state index in [0.717, 1.165) is 38.4 Å². The van der Waals surface area contributed by atoms with Gasteiger partial charge in [0.1, 0.15) is 24.6 Å². The van der Waals surface area contributed by atoms with Crippen LogP contribution < -0.4 is 9.80 Å². The van der Waals surface area contributed by atoms with Crippen LogP contribution in [0.4, 0.5) is 11.4 Å². The highest BCUT2D eigenvalue weighted by molar-refractivity contribution is 14.1. The fourth-order valence-electron chi connectivity index (χ4n) is 10.2. The van der Waals surface area contributed by atoms with E-state index in [2.05, 4.69) is 93.2 Å². The van der Waals surface area contributed by atoms with Crippen molar-refractivity contribution < 1.29 is 38.2 Å². The second-order valence-corrected chi connectivity index (χ2v) is 20.4. The standard InChI is InChI=1S/C46H48I2N8O8/c1-27-6-13-38-45(2,3)14-5-15-46(38,4)35(27)10-7-28(44(62)64-26-32-24-54(52-50-32)17-19-56-37-12-9-30(48)22-34(37)41(59)43(56)61)20-39(57)63-25-31-23-53(51-49-31)16-18-55-36-11-8-29(47)21-33(36)40(58)42(55)60/h7-9,11-12,21-24,35,38H,1,5-6,10,13-20,25-26H2,2-4H3/b28-7+/t35-,38-,46+/m0/s1. The molecule has 0 N–H and O–H groups in total. The van der Waals surface area contributed by atoms with Gasteiger partial charge in [0.15, 0.2) is 0 Å². The van der Waals surface area contributed by atoms with E-state index in [-0.39, 0.29) is 68.1 Å². The number of halogens is 2. The highest BCUT2D eigenvalue weighted by atomic mass is 127. The number of anilines is 2. The molecule has 0 unspecified atom stereocenters. The maximum Gasteiger partial charge on any atom is 0.334 e. The molecule has 8 rings (SSSR count). The molecule has 0 bridgehead atoms. The molecular weight excluding hydrogens is 1050 g/mol. The average molecular weight is 1090 g/mol. The number of Topliss-reactive ketones (excluding diaryl/α,β-unsaturated/α-hetero) is 2. The molecule has 0 saturated heterocycles. The fourth-order valence-corrected chi connectivity index (χ4v) is 11.2. The Morgan fingerprint density at radius 2 is 1.34 bits per heavy atom. The number of nitrogens with zero attached hydrogens (tertiary/aromatic N) is 8. The first-order chi connectivity index (χ1) is 30.5. The first-order valence-corrected chi connectivity index (χ1v) is 23.5. The lowest BCUT2D eigenvalue weighted by Crippen LogP contribution is -2.49. The minimum atomic E-state index is -0.691. The quantitative estimate of drug-likeness (QED) is 0.0398. The van der Waals surface area contributed by atoms with E-state index in [0.29, 0.717) is 46.2 Å². The van der Waals surface area contributed by atoms with Gasteiger partial charge in [-0.15, -0.1) is 10.2 Å². The lowest BCUT2D eigenvalue weighted by Gasteiger charge is -2.58. The second kappa shape index (κ2) is 18.4. The third kappa shape index (κ3) is 9.21. The number of ether oxygens (including phenoxy) is 2. The molecule has 0 spiro atoms. The van der Waals surface area contributed by atoms with E-state index in [4.69, 9.17) is 9.47 Å². The van der Waals surface area contributed by atoms with E-state index < -0.39 is 35.3 Å². The van der Waals surface area contributed by atoms with Crippen LogP contribution in [0.5, 0.6) is 0 Å². The van der Waals surface area contributed by atoms with Gasteiger partial charge in [0.25, 0.3) is 23.4 Å². The van der Waals surface area contributed by atoms with Crippen molar-refractivity contribution >= 4 is 91.9 Å². The SMILES string of the molecule is C=C1CC[C@H]2C(C)(C)CCC[C@]2(C)[C@H]1C/C=C(\CC(=O)OCc1cn(CCN2C(=O)C(=O)c3cc(I)ccc32)nn1)C(=O)OCc1cn(CCN2C(=O)C(=O)c3cc(I)ccc32)nn1. The Kier molecular flexibility index (Phi) is 13.1. The van der Waals surface area contributed by atoms with Crippen LogP contribution in [0.25, 0.3) is 0 Å². The number of amides is 2. The van der Waals surface area contributed by atoms with E-state index in [1.54, 1.807) is 42.7 Å². The number of hydrogen-bond donors (Lipinski definition) is 0. The molecule has 64 heavy (non-hydrogen) atoms. The summed E-state index contributed by atoms with van der Waals surface area (Å²) in [7, 11) is 0. The van der Waals surface area contributed by atoms with Gasteiger partial charge >= 0.3 is 11.9 Å². The van der Waals surface area contributed by atoms with Gasteiger partial charge in [-0.1, -0.05) is 55.8 Å². The van der Waals surface area contributed by atoms with E-state index in [9.17, 15) is 28.8 Å². The van der Waals surface area contributed by atoms with Crippen molar-refractivity contribution in [2.24, 2.45) is 22.7 Å². The monoisotopic (exact) mass is 1090 g/mol. The van der Waals surface area contributed by atoms with Crippen molar-refractivity contribution in [1.82, 2.24) is 30.0 Å². The Morgan fingerprint density at radius 3 is 1.91 bits per heavy atom. The van der Waals surface area contributed by atoms with E-state index in [1.165, 1.54) is 25.6 Å². The van der Waals surface area contributed by atoms with Crippen LogP contribution in [-0.4, -0.2) is 78.4 Å². The van der Waals surface area contributed by atoms with E-state index >= 15 is 0 Å². The number of ketones is 2. The largest absolute Gasteiger partial charge is 0.459 e. The molecule has 4 aliphatic rings. The first-order valence-electron chi connectivity index (χ1n) is 21.3. The number of fused-ring (bicyclic) bond motifs is 3. The predicted molar refractivity (Wildman–Crippen MR) is 250 cm³/mol. The van der Waals surface area contributed by atoms with Crippen LogP contribution in [0.2, 0.25) is 0 Å². The minimum absolute atomic E-state index is 0.0131. The van der Waals surface area contributed by atoms with Gasteiger partial charge in [-0.05, 0) is 136 Å². The third-order valence-electron chi connectivity index (χ3n) is 13.4. The molecular formula is C46H48I2N8O8. The third-order valence-corrected chi connectivity index (χ3v) is 14.7. The summed E-state index contributed by atoms with van der Waals surface area (Å²) >= 11 is 4.20. The van der Waals surface area contributed by atoms with Crippen LogP contribution in [0.1, 0.15) is 97.8 Å². The Morgan fingerprint density at radius 1 is 0.797 bits per heavy atom. The molecule has 2 aromatic heterocycles. The first kappa shape index (κ1) is 45.4. The van der Waals surface area contributed by atoms with Crippen molar-refractivity contribution in [3.8, 4) is 0 Å². The molecule has 2 aliphatic heterocycles. The highest BCUT2D eigenvalue weighted by Gasteiger charge is 2.52. The normalized spacial score (nSPS) is 21.6. The zero-order valence-corrected chi connectivity index (χ0v) is 40.2. The van der Waals surface area contributed by atoms with Crippen LogP contribution in [0.15, 0.2) is 72.6 Å². The summed E-state index contributed by atoms with van der Waals surface area (Å²) < 4.78 is 16.1. The summed E-state index contributed by atoms with van der Waals surface area (Å²) in [6, 6.07) is 10.6. The molecule has 18 heteroatoms. The van der Waals surface area contributed by atoms with Gasteiger partial charge in [-0.2, -0.15) is 0 Å². The molecule has 334 valence electrons. The van der Waals surface area contributed by atoms with E-state index in [1.807, 2.05) is 12.1 Å². The summed E-state index contributed by atoms with van der Waals surface area (Å²) in [5.41, 5.74) is 4.04. The van der Waals surface area contributed by atoms with Crippen molar-refractivity contribution in [1.29, 1.82) is 0 Å². The average Bonchev–Trinajstić information content (AvgIpc) is 4.02. The number of carbonyl (C=O) groups excluding carboxylic acids is 6. The van der Waals surface area contributed by atoms with Gasteiger partial charge in [0, 0.05) is 25.8 Å². The lowest BCUT2D eigenvalue weighted by atomic mass is 9.47. The number of rotatable bonds is 15. The zero-order chi connectivity index (χ0) is 45.5. The van der Waals surface area contributed by atoms with Crippen LogP contribution in [0, 0.1) is 29.8 Å². The second-order valence-electron chi connectivity index (χ2n) is 17.9. The van der Waals surface area contributed by atoms with Crippen LogP contribution >= 0.6 is 45.2 Å². The summed E-state index contributed by atoms with van der Waals surface area (Å²) in [6.45, 7) is 12.0.